The molecule has 0 saturated carbocycles. The van der Waals surface area contributed by atoms with E-state index in [0.717, 1.165) is 31.6 Å². The lowest BCUT2D eigenvalue weighted by Crippen LogP contribution is -2.58. The van der Waals surface area contributed by atoms with Gasteiger partial charge in [-0.05, 0) is 30.7 Å². The molecule has 0 radical (unpaired) electrons. The molecule has 0 aromatic heterocycles. The summed E-state index contributed by atoms with van der Waals surface area (Å²) in [5.41, 5.74) is 1.03. The lowest BCUT2D eigenvalue weighted by atomic mass is 10.0. The zero-order valence-electron chi connectivity index (χ0n) is 13.0. The molecule has 1 N–H and O–H groups in total. The molecular formula is C16H24N2O3S. The van der Waals surface area contributed by atoms with Crippen molar-refractivity contribution >= 4 is 9.84 Å². The maximum atomic E-state index is 12.1. The van der Waals surface area contributed by atoms with Crippen LogP contribution in [0.2, 0.25) is 0 Å². The van der Waals surface area contributed by atoms with E-state index >= 15 is 0 Å². The number of aromatic hydroxyl groups is 1. The molecule has 2 heterocycles. The Kier molecular flexibility index (Phi) is 4.43. The highest BCUT2D eigenvalue weighted by Gasteiger charge is 2.46. The van der Waals surface area contributed by atoms with Gasteiger partial charge in [-0.3, -0.25) is 9.80 Å². The second-order valence-corrected chi connectivity index (χ2v) is 8.54. The van der Waals surface area contributed by atoms with Crippen LogP contribution in [0, 0.1) is 0 Å². The maximum absolute atomic E-state index is 12.1. The van der Waals surface area contributed by atoms with Crippen molar-refractivity contribution < 1.29 is 13.5 Å². The molecule has 1 aromatic carbocycles. The minimum atomic E-state index is -2.95. The number of phenolic OH excluding ortho intramolecular Hbond substituents is 1. The van der Waals surface area contributed by atoms with Crippen molar-refractivity contribution in [2.45, 2.75) is 32.0 Å². The molecular weight excluding hydrogens is 300 g/mol. The van der Waals surface area contributed by atoms with Crippen LogP contribution in [0.3, 0.4) is 0 Å². The van der Waals surface area contributed by atoms with Gasteiger partial charge >= 0.3 is 0 Å². The van der Waals surface area contributed by atoms with Gasteiger partial charge in [0.05, 0.1) is 11.5 Å². The Bertz CT molecular complexity index is 632. The second kappa shape index (κ2) is 6.18. The van der Waals surface area contributed by atoms with E-state index in [1.165, 1.54) is 0 Å². The number of fused-ring (bicyclic) bond motifs is 1. The van der Waals surface area contributed by atoms with Crippen molar-refractivity contribution in [2.75, 3.05) is 31.1 Å². The summed E-state index contributed by atoms with van der Waals surface area (Å²) in [5, 5.41) is 9.60. The van der Waals surface area contributed by atoms with Gasteiger partial charge in [-0.1, -0.05) is 19.1 Å². The number of nitrogens with zero attached hydrogens (tertiary/aromatic N) is 2. The van der Waals surface area contributed by atoms with Gasteiger partial charge in [0.25, 0.3) is 0 Å². The van der Waals surface area contributed by atoms with E-state index in [1.807, 2.05) is 12.1 Å². The smallest absolute Gasteiger partial charge is 0.153 e. The van der Waals surface area contributed by atoms with Gasteiger partial charge in [0.1, 0.15) is 5.75 Å². The van der Waals surface area contributed by atoms with E-state index in [9.17, 15) is 13.5 Å². The largest absolute Gasteiger partial charge is 0.508 e. The van der Waals surface area contributed by atoms with E-state index < -0.39 is 9.84 Å². The van der Waals surface area contributed by atoms with Crippen LogP contribution in [-0.4, -0.2) is 66.5 Å². The van der Waals surface area contributed by atoms with Gasteiger partial charge in [-0.2, -0.15) is 0 Å². The van der Waals surface area contributed by atoms with Crippen molar-refractivity contribution in [3.63, 3.8) is 0 Å². The first-order valence-electron chi connectivity index (χ1n) is 7.95. The number of rotatable bonds is 4. The first kappa shape index (κ1) is 15.8. The minimum absolute atomic E-state index is 0.0765. The Morgan fingerprint density at radius 2 is 1.86 bits per heavy atom. The van der Waals surface area contributed by atoms with Crippen molar-refractivity contribution in [2.24, 2.45) is 0 Å². The van der Waals surface area contributed by atoms with Crippen molar-refractivity contribution in [3.8, 4) is 5.75 Å². The molecule has 0 aliphatic carbocycles. The van der Waals surface area contributed by atoms with Crippen LogP contribution in [0.1, 0.15) is 18.9 Å². The zero-order chi connectivity index (χ0) is 15.7. The number of sulfone groups is 1. The van der Waals surface area contributed by atoms with Crippen LogP contribution >= 0.6 is 0 Å². The molecule has 2 atom stereocenters. The van der Waals surface area contributed by atoms with Gasteiger partial charge in [-0.15, -0.1) is 0 Å². The molecule has 0 amide bonds. The second-order valence-electron chi connectivity index (χ2n) is 6.39. The van der Waals surface area contributed by atoms with Gasteiger partial charge in [0.2, 0.25) is 0 Å². The summed E-state index contributed by atoms with van der Waals surface area (Å²) in [6.07, 6.45) is 1.05. The average molecular weight is 324 g/mol. The number of benzene rings is 1. The third kappa shape index (κ3) is 3.29. The van der Waals surface area contributed by atoms with Crippen LogP contribution in [-0.2, 0) is 16.4 Å². The molecule has 22 heavy (non-hydrogen) atoms. The van der Waals surface area contributed by atoms with E-state index in [1.54, 1.807) is 12.1 Å². The SMILES string of the molecule is CCCN1CCN(Cc2cccc(O)c2)[C@H]2CS(=O)(=O)C[C@H]21. The Morgan fingerprint density at radius 3 is 2.55 bits per heavy atom. The summed E-state index contributed by atoms with van der Waals surface area (Å²) < 4.78 is 24.2. The fourth-order valence-electron chi connectivity index (χ4n) is 3.75. The summed E-state index contributed by atoms with van der Waals surface area (Å²) in [4.78, 5) is 4.62. The summed E-state index contributed by atoms with van der Waals surface area (Å²) >= 11 is 0. The molecule has 6 heteroatoms. The highest BCUT2D eigenvalue weighted by molar-refractivity contribution is 7.91. The highest BCUT2D eigenvalue weighted by Crippen LogP contribution is 2.28. The molecule has 2 saturated heterocycles. The van der Waals surface area contributed by atoms with Crippen molar-refractivity contribution in [1.29, 1.82) is 0 Å². The molecule has 2 aliphatic rings. The fraction of sp³-hybridized carbons (Fsp3) is 0.625. The average Bonchev–Trinajstić information content (AvgIpc) is 2.78. The van der Waals surface area contributed by atoms with E-state index in [0.29, 0.717) is 6.54 Å². The van der Waals surface area contributed by atoms with Gasteiger partial charge < -0.3 is 5.11 Å². The van der Waals surface area contributed by atoms with Crippen LogP contribution in [0.5, 0.6) is 5.75 Å². The molecule has 0 bridgehead atoms. The standard InChI is InChI=1S/C16H24N2O3S/c1-2-6-17-7-8-18(10-13-4-3-5-14(19)9-13)16-12-22(20,21)11-15(16)17/h3-5,9,15-16,19H,2,6-8,10-12H2,1H3/t15-,16+/m1/s1. The number of piperazine rings is 1. The molecule has 2 fully saturated rings. The number of hydrogen-bond acceptors (Lipinski definition) is 5. The predicted octanol–water partition coefficient (Wildman–Crippen LogP) is 1.09. The van der Waals surface area contributed by atoms with Crippen molar-refractivity contribution in [1.82, 2.24) is 9.80 Å². The summed E-state index contributed by atoms with van der Waals surface area (Å²) in [6, 6.07) is 7.43. The highest BCUT2D eigenvalue weighted by atomic mass is 32.2. The normalized spacial score (nSPS) is 28.6. The summed E-state index contributed by atoms with van der Waals surface area (Å²) in [5.74, 6) is 0.808. The molecule has 3 rings (SSSR count). The van der Waals surface area contributed by atoms with E-state index in [2.05, 4.69) is 16.7 Å². The quantitative estimate of drug-likeness (QED) is 0.898. The van der Waals surface area contributed by atoms with Crippen LogP contribution < -0.4 is 0 Å². The summed E-state index contributed by atoms with van der Waals surface area (Å²) in [7, 11) is -2.95. The van der Waals surface area contributed by atoms with Crippen LogP contribution in [0.4, 0.5) is 0 Å². The van der Waals surface area contributed by atoms with Gasteiger partial charge in [-0.25, -0.2) is 8.42 Å². The van der Waals surface area contributed by atoms with Gasteiger partial charge in [0, 0.05) is 31.7 Å². The van der Waals surface area contributed by atoms with E-state index in [4.69, 9.17) is 0 Å². The van der Waals surface area contributed by atoms with Crippen molar-refractivity contribution in [3.05, 3.63) is 29.8 Å². The lowest BCUT2D eigenvalue weighted by molar-refractivity contribution is 0.0405. The Hall–Kier alpha value is -1.11. The third-order valence-electron chi connectivity index (χ3n) is 4.71. The molecule has 122 valence electrons. The summed E-state index contributed by atoms with van der Waals surface area (Å²) in [6.45, 7) is 5.61. The maximum Gasteiger partial charge on any atom is 0.153 e. The first-order chi connectivity index (χ1) is 10.5. The van der Waals surface area contributed by atoms with Crippen LogP contribution in [0.25, 0.3) is 0 Å². The lowest BCUT2D eigenvalue weighted by Gasteiger charge is -2.44. The first-order valence-corrected chi connectivity index (χ1v) is 9.77. The Morgan fingerprint density at radius 1 is 1.18 bits per heavy atom. The topological polar surface area (TPSA) is 60.9 Å². The fourth-order valence-corrected chi connectivity index (χ4v) is 5.79. The minimum Gasteiger partial charge on any atom is -0.508 e. The van der Waals surface area contributed by atoms with Crippen LogP contribution in [0.15, 0.2) is 24.3 Å². The zero-order valence-corrected chi connectivity index (χ0v) is 13.8. The monoisotopic (exact) mass is 324 g/mol. The molecule has 1 aromatic rings. The molecule has 0 spiro atoms. The van der Waals surface area contributed by atoms with E-state index in [-0.39, 0.29) is 29.3 Å². The molecule has 2 aliphatic heterocycles. The Labute approximate surface area is 132 Å². The molecule has 5 nitrogen and oxygen atoms in total. The molecule has 0 unspecified atom stereocenters. The predicted molar refractivity (Wildman–Crippen MR) is 86.6 cm³/mol. The number of phenols is 1. The van der Waals surface area contributed by atoms with Gasteiger partial charge in [0.15, 0.2) is 9.84 Å². The number of hydrogen-bond donors (Lipinski definition) is 1. The Balaban J connectivity index is 1.78. The third-order valence-corrected chi connectivity index (χ3v) is 6.41.